The molecule has 7 heteroatoms. The van der Waals surface area contributed by atoms with E-state index in [0.717, 1.165) is 16.9 Å². The van der Waals surface area contributed by atoms with Crippen LogP contribution in [0.5, 0.6) is 5.75 Å². The number of nitrogens with zero attached hydrogens (tertiary/aromatic N) is 2. The lowest BCUT2D eigenvalue weighted by Gasteiger charge is -2.20. The second-order valence-electron chi connectivity index (χ2n) is 6.41. The topological polar surface area (TPSA) is 57.4 Å². The van der Waals surface area contributed by atoms with Crippen molar-refractivity contribution in [3.63, 3.8) is 0 Å². The summed E-state index contributed by atoms with van der Waals surface area (Å²) in [7, 11) is 0. The standard InChI is InChI=1S/C16H19FN2O3S/c1-16(2,3)15-19-18-13(22-15)8-23-7-11-5-12(17)4-10-6-20-9-21-14(10)11/h4-5H,6-9H2,1-3H3. The Morgan fingerprint density at radius 1 is 1.22 bits per heavy atom. The third-order valence-electron chi connectivity index (χ3n) is 3.34. The molecule has 0 radical (unpaired) electrons. The lowest BCUT2D eigenvalue weighted by Crippen LogP contribution is -2.13. The number of halogens is 1. The van der Waals surface area contributed by atoms with Crippen LogP contribution in [-0.2, 0) is 28.3 Å². The summed E-state index contributed by atoms with van der Waals surface area (Å²) in [6.45, 7) is 6.65. The molecule has 1 aliphatic rings. The Morgan fingerprint density at radius 3 is 2.78 bits per heavy atom. The molecule has 5 nitrogen and oxygen atoms in total. The number of rotatable bonds is 4. The van der Waals surface area contributed by atoms with E-state index in [2.05, 4.69) is 10.2 Å². The summed E-state index contributed by atoms with van der Waals surface area (Å²) in [5.41, 5.74) is 1.41. The maximum absolute atomic E-state index is 13.7. The third kappa shape index (κ3) is 3.84. The van der Waals surface area contributed by atoms with Crippen LogP contribution in [-0.4, -0.2) is 17.0 Å². The number of aromatic nitrogens is 2. The molecule has 1 aromatic carbocycles. The predicted molar refractivity (Wildman–Crippen MR) is 84.7 cm³/mol. The molecule has 0 saturated carbocycles. The number of thioether (sulfide) groups is 1. The largest absolute Gasteiger partial charge is 0.467 e. The highest BCUT2D eigenvalue weighted by Gasteiger charge is 2.21. The predicted octanol–water partition coefficient (Wildman–Crippen LogP) is 3.81. The minimum Gasteiger partial charge on any atom is -0.467 e. The van der Waals surface area contributed by atoms with Gasteiger partial charge in [0.25, 0.3) is 0 Å². The molecule has 0 N–H and O–H groups in total. The number of fused-ring (bicyclic) bond motifs is 1. The highest BCUT2D eigenvalue weighted by Crippen LogP contribution is 2.32. The average molecular weight is 338 g/mol. The average Bonchev–Trinajstić information content (AvgIpc) is 2.96. The number of ether oxygens (including phenoxy) is 2. The molecule has 0 bridgehead atoms. The molecule has 2 aromatic rings. The summed E-state index contributed by atoms with van der Waals surface area (Å²) in [5, 5.41) is 8.12. The van der Waals surface area contributed by atoms with Gasteiger partial charge in [-0.1, -0.05) is 20.8 Å². The van der Waals surface area contributed by atoms with Crippen molar-refractivity contribution in [3.05, 3.63) is 40.9 Å². The van der Waals surface area contributed by atoms with Gasteiger partial charge in [0.2, 0.25) is 11.8 Å². The molecule has 0 amide bonds. The Morgan fingerprint density at radius 2 is 2.04 bits per heavy atom. The quantitative estimate of drug-likeness (QED) is 0.845. The summed E-state index contributed by atoms with van der Waals surface area (Å²) in [4.78, 5) is 0. The van der Waals surface area contributed by atoms with E-state index in [0.29, 0.717) is 29.9 Å². The van der Waals surface area contributed by atoms with Gasteiger partial charge in [0, 0.05) is 22.3 Å². The lowest BCUT2D eigenvalue weighted by molar-refractivity contribution is -0.0171. The monoisotopic (exact) mass is 338 g/mol. The van der Waals surface area contributed by atoms with Crippen LogP contribution < -0.4 is 4.74 Å². The van der Waals surface area contributed by atoms with Crippen molar-refractivity contribution in [1.29, 1.82) is 0 Å². The van der Waals surface area contributed by atoms with Gasteiger partial charge in [-0.05, 0) is 12.1 Å². The number of benzene rings is 1. The normalized spacial score (nSPS) is 14.4. The van der Waals surface area contributed by atoms with Crippen LogP contribution in [0.15, 0.2) is 16.5 Å². The van der Waals surface area contributed by atoms with Gasteiger partial charge in [0.05, 0.1) is 12.4 Å². The van der Waals surface area contributed by atoms with E-state index in [9.17, 15) is 4.39 Å². The van der Waals surface area contributed by atoms with Crippen molar-refractivity contribution in [3.8, 4) is 5.75 Å². The maximum Gasteiger partial charge on any atom is 0.226 e. The van der Waals surface area contributed by atoms with Crippen molar-refractivity contribution in [2.24, 2.45) is 0 Å². The van der Waals surface area contributed by atoms with E-state index in [1.54, 1.807) is 11.8 Å². The summed E-state index contributed by atoms with van der Waals surface area (Å²) in [5.74, 6) is 2.83. The molecule has 0 atom stereocenters. The van der Waals surface area contributed by atoms with Crippen molar-refractivity contribution in [2.45, 2.75) is 44.3 Å². The zero-order chi connectivity index (χ0) is 16.4. The molecule has 2 heterocycles. The SMILES string of the molecule is CC(C)(C)c1nnc(CSCc2cc(F)cc3c2OCOC3)o1. The zero-order valence-electron chi connectivity index (χ0n) is 13.4. The molecule has 0 aliphatic carbocycles. The van der Waals surface area contributed by atoms with Crippen molar-refractivity contribution < 1.29 is 18.3 Å². The molecule has 23 heavy (non-hydrogen) atoms. The number of hydrogen-bond acceptors (Lipinski definition) is 6. The molecule has 1 aromatic heterocycles. The smallest absolute Gasteiger partial charge is 0.226 e. The molecule has 0 spiro atoms. The van der Waals surface area contributed by atoms with E-state index in [1.165, 1.54) is 12.1 Å². The van der Waals surface area contributed by atoms with Crippen molar-refractivity contribution in [1.82, 2.24) is 10.2 Å². The van der Waals surface area contributed by atoms with E-state index in [-0.39, 0.29) is 18.0 Å². The first-order chi connectivity index (χ1) is 10.9. The first-order valence-corrected chi connectivity index (χ1v) is 8.51. The Balaban J connectivity index is 1.65. The molecular formula is C16H19FN2O3S. The molecule has 124 valence electrons. The van der Waals surface area contributed by atoms with Crippen LogP contribution in [0.4, 0.5) is 4.39 Å². The Bertz CT molecular complexity index is 697. The van der Waals surface area contributed by atoms with Gasteiger partial charge < -0.3 is 13.9 Å². The molecule has 3 rings (SSSR count). The van der Waals surface area contributed by atoms with Crippen molar-refractivity contribution in [2.75, 3.05) is 6.79 Å². The summed E-state index contributed by atoms with van der Waals surface area (Å²) >= 11 is 1.58. The molecular weight excluding hydrogens is 319 g/mol. The molecule has 0 saturated heterocycles. The minimum atomic E-state index is -0.277. The van der Waals surface area contributed by atoms with E-state index in [4.69, 9.17) is 13.9 Å². The fourth-order valence-electron chi connectivity index (χ4n) is 2.23. The Kier molecular flexibility index (Phi) is 4.59. The van der Waals surface area contributed by atoms with Crippen molar-refractivity contribution >= 4 is 11.8 Å². The summed E-state index contributed by atoms with van der Waals surface area (Å²) in [6, 6.07) is 2.96. The molecule has 0 fully saturated rings. The minimum absolute atomic E-state index is 0.161. The van der Waals surface area contributed by atoms with Gasteiger partial charge in [-0.2, -0.15) is 0 Å². The van der Waals surface area contributed by atoms with E-state index >= 15 is 0 Å². The lowest BCUT2D eigenvalue weighted by atomic mass is 9.97. The van der Waals surface area contributed by atoms with Crippen LogP contribution in [0.3, 0.4) is 0 Å². The second kappa shape index (κ2) is 6.49. The van der Waals surface area contributed by atoms with Gasteiger partial charge in [0.1, 0.15) is 11.6 Å². The summed E-state index contributed by atoms with van der Waals surface area (Å²) in [6.07, 6.45) is 0. The van der Waals surface area contributed by atoms with Gasteiger partial charge in [-0.15, -0.1) is 22.0 Å². The first kappa shape index (κ1) is 16.3. The Hall–Kier alpha value is -1.60. The van der Waals surface area contributed by atoms with Crippen LogP contribution >= 0.6 is 11.8 Å². The fourth-order valence-corrected chi connectivity index (χ4v) is 3.05. The van der Waals surface area contributed by atoms with Crippen LogP contribution in [0.2, 0.25) is 0 Å². The van der Waals surface area contributed by atoms with Gasteiger partial charge in [-0.3, -0.25) is 0 Å². The van der Waals surface area contributed by atoms with Gasteiger partial charge in [-0.25, -0.2) is 4.39 Å². The maximum atomic E-state index is 13.7. The highest BCUT2D eigenvalue weighted by molar-refractivity contribution is 7.97. The van der Waals surface area contributed by atoms with Gasteiger partial charge in [0.15, 0.2) is 6.79 Å². The highest BCUT2D eigenvalue weighted by atomic mass is 32.2. The van der Waals surface area contributed by atoms with E-state index in [1.807, 2.05) is 20.8 Å². The summed E-state index contributed by atoms with van der Waals surface area (Å²) < 4.78 is 30.0. The second-order valence-corrected chi connectivity index (χ2v) is 7.39. The van der Waals surface area contributed by atoms with Crippen LogP contribution in [0.25, 0.3) is 0 Å². The van der Waals surface area contributed by atoms with E-state index < -0.39 is 0 Å². The Labute approximate surface area is 138 Å². The first-order valence-electron chi connectivity index (χ1n) is 7.36. The zero-order valence-corrected chi connectivity index (χ0v) is 14.2. The fraction of sp³-hybridized carbons (Fsp3) is 0.500. The van der Waals surface area contributed by atoms with Crippen LogP contribution in [0, 0.1) is 5.82 Å². The van der Waals surface area contributed by atoms with Gasteiger partial charge >= 0.3 is 0 Å². The molecule has 0 unspecified atom stereocenters. The number of hydrogen-bond donors (Lipinski definition) is 0. The van der Waals surface area contributed by atoms with Crippen LogP contribution in [0.1, 0.15) is 43.7 Å². The third-order valence-corrected chi connectivity index (χ3v) is 4.31. The molecule has 1 aliphatic heterocycles.